The molecule has 2 N–H and O–H groups in total. The number of nitrogens with zero attached hydrogens (tertiary/aromatic N) is 1. The molecule has 0 saturated heterocycles. The Kier molecular flexibility index (Phi) is 3.71. The molecule has 1 aliphatic rings. The predicted octanol–water partition coefficient (Wildman–Crippen LogP) is 1.94. The second kappa shape index (κ2) is 5.06. The Bertz CT molecular complexity index is 375. The molecule has 0 radical (unpaired) electrons. The minimum atomic E-state index is 0.187. The number of aromatic nitrogens is 1. The van der Waals surface area contributed by atoms with E-state index in [1.165, 1.54) is 0 Å². The zero-order chi connectivity index (χ0) is 11.5. The first-order chi connectivity index (χ1) is 7.70. The maximum Gasteiger partial charge on any atom is 0.142 e. The van der Waals surface area contributed by atoms with Crippen LogP contribution >= 0.6 is 11.3 Å². The molecule has 0 aromatic carbocycles. The van der Waals surface area contributed by atoms with E-state index in [2.05, 4.69) is 4.98 Å². The molecule has 2 rings (SSSR count). The lowest BCUT2D eigenvalue weighted by atomic mass is 9.90. The highest BCUT2D eigenvalue weighted by atomic mass is 32.1. The standard InChI is InChI=1S/C12H18N2OS/c1-8-14-10(7-16-8)5-12(15)11-4-2-3-9(11)6-13/h7,9,11H,2-6,13H2,1H3. The second-order valence-corrected chi connectivity index (χ2v) is 5.60. The van der Waals surface area contributed by atoms with Crippen molar-refractivity contribution in [3.63, 3.8) is 0 Å². The molecule has 0 amide bonds. The topological polar surface area (TPSA) is 56.0 Å². The fraction of sp³-hybridized carbons (Fsp3) is 0.667. The van der Waals surface area contributed by atoms with E-state index in [1.807, 2.05) is 12.3 Å². The van der Waals surface area contributed by atoms with Crippen LogP contribution in [0, 0.1) is 18.8 Å². The summed E-state index contributed by atoms with van der Waals surface area (Å²) in [4.78, 5) is 16.4. The fourth-order valence-electron chi connectivity index (χ4n) is 2.54. The van der Waals surface area contributed by atoms with Gasteiger partial charge in [0.2, 0.25) is 0 Å². The van der Waals surface area contributed by atoms with Crippen LogP contribution in [0.25, 0.3) is 0 Å². The van der Waals surface area contributed by atoms with Gasteiger partial charge in [-0.3, -0.25) is 4.79 Å². The Morgan fingerprint density at radius 2 is 2.44 bits per heavy atom. The summed E-state index contributed by atoms with van der Waals surface area (Å²) in [6.07, 6.45) is 3.77. The van der Waals surface area contributed by atoms with Crippen molar-refractivity contribution in [2.75, 3.05) is 6.54 Å². The molecule has 2 atom stereocenters. The van der Waals surface area contributed by atoms with E-state index in [9.17, 15) is 4.79 Å². The van der Waals surface area contributed by atoms with Gasteiger partial charge in [-0.2, -0.15) is 0 Å². The van der Waals surface area contributed by atoms with Crippen LogP contribution in [0.3, 0.4) is 0 Å². The van der Waals surface area contributed by atoms with Crippen molar-refractivity contribution in [3.8, 4) is 0 Å². The molecule has 4 heteroatoms. The second-order valence-electron chi connectivity index (χ2n) is 4.53. The van der Waals surface area contributed by atoms with Gasteiger partial charge in [0.25, 0.3) is 0 Å². The lowest BCUT2D eigenvalue weighted by molar-refractivity contribution is -0.123. The van der Waals surface area contributed by atoms with Crippen LogP contribution in [0.5, 0.6) is 0 Å². The largest absolute Gasteiger partial charge is 0.330 e. The van der Waals surface area contributed by atoms with Crippen LogP contribution < -0.4 is 5.73 Å². The Balaban J connectivity index is 1.97. The number of thiazole rings is 1. The number of hydrogen-bond donors (Lipinski definition) is 1. The van der Waals surface area contributed by atoms with E-state index in [1.54, 1.807) is 11.3 Å². The third-order valence-corrected chi connectivity index (χ3v) is 4.22. The van der Waals surface area contributed by atoms with Crippen molar-refractivity contribution in [3.05, 3.63) is 16.1 Å². The Labute approximate surface area is 100 Å². The van der Waals surface area contributed by atoms with Gasteiger partial charge >= 0.3 is 0 Å². The molecule has 0 bridgehead atoms. The molecule has 1 fully saturated rings. The van der Waals surface area contributed by atoms with Gasteiger partial charge in [0.15, 0.2) is 0 Å². The first-order valence-corrected chi connectivity index (χ1v) is 6.72. The third kappa shape index (κ3) is 2.50. The van der Waals surface area contributed by atoms with E-state index >= 15 is 0 Å². The SMILES string of the molecule is Cc1nc(CC(=O)C2CCCC2CN)cs1. The summed E-state index contributed by atoms with van der Waals surface area (Å²) in [5.74, 6) is 0.928. The van der Waals surface area contributed by atoms with Gasteiger partial charge in [0.05, 0.1) is 10.7 Å². The van der Waals surface area contributed by atoms with Crippen molar-refractivity contribution >= 4 is 17.1 Å². The molecule has 0 aliphatic heterocycles. The lowest BCUT2D eigenvalue weighted by Crippen LogP contribution is -2.26. The van der Waals surface area contributed by atoms with Crippen LogP contribution in [-0.2, 0) is 11.2 Å². The van der Waals surface area contributed by atoms with Crippen molar-refractivity contribution < 1.29 is 4.79 Å². The monoisotopic (exact) mass is 238 g/mol. The number of rotatable bonds is 4. The van der Waals surface area contributed by atoms with Crippen LogP contribution in [0.1, 0.15) is 30.0 Å². The van der Waals surface area contributed by atoms with Crippen LogP contribution in [0.4, 0.5) is 0 Å². The van der Waals surface area contributed by atoms with Gasteiger partial charge in [-0.15, -0.1) is 11.3 Å². The highest BCUT2D eigenvalue weighted by Crippen LogP contribution is 2.32. The zero-order valence-electron chi connectivity index (χ0n) is 9.61. The number of carbonyl (C=O) groups is 1. The molecule has 3 nitrogen and oxygen atoms in total. The number of aryl methyl sites for hydroxylation is 1. The van der Waals surface area contributed by atoms with Gasteiger partial charge in [-0.25, -0.2) is 4.98 Å². The smallest absolute Gasteiger partial charge is 0.142 e. The van der Waals surface area contributed by atoms with E-state index in [0.29, 0.717) is 24.7 Å². The van der Waals surface area contributed by atoms with Crippen LogP contribution in [0.2, 0.25) is 0 Å². The van der Waals surface area contributed by atoms with Crippen molar-refractivity contribution in [2.45, 2.75) is 32.6 Å². The number of hydrogen-bond acceptors (Lipinski definition) is 4. The van der Waals surface area contributed by atoms with E-state index < -0.39 is 0 Å². The Hall–Kier alpha value is -0.740. The van der Waals surface area contributed by atoms with Gasteiger partial charge in [0.1, 0.15) is 5.78 Å². The quantitative estimate of drug-likeness (QED) is 0.872. The Morgan fingerprint density at radius 3 is 3.06 bits per heavy atom. The summed E-state index contributed by atoms with van der Waals surface area (Å²) in [7, 11) is 0. The highest BCUT2D eigenvalue weighted by molar-refractivity contribution is 7.09. The summed E-state index contributed by atoms with van der Waals surface area (Å²) in [5.41, 5.74) is 6.62. The Morgan fingerprint density at radius 1 is 1.62 bits per heavy atom. The lowest BCUT2D eigenvalue weighted by Gasteiger charge is -2.15. The highest BCUT2D eigenvalue weighted by Gasteiger charge is 2.31. The number of ketones is 1. The summed E-state index contributed by atoms with van der Waals surface area (Å²) >= 11 is 1.61. The van der Waals surface area contributed by atoms with Crippen LogP contribution in [-0.4, -0.2) is 17.3 Å². The number of carbonyl (C=O) groups excluding carboxylic acids is 1. The molecule has 0 spiro atoms. The molecule has 16 heavy (non-hydrogen) atoms. The van der Waals surface area contributed by atoms with Gasteiger partial charge in [-0.05, 0) is 32.2 Å². The normalized spacial score (nSPS) is 24.9. The molecular weight excluding hydrogens is 220 g/mol. The number of nitrogens with two attached hydrogens (primary N) is 1. The fourth-order valence-corrected chi connectivity index (χ4v) is 3.15. The summed E-state index contributed by atoms with van der Waals surface area (Å²) < 4.78 is 0. The summed E-state index contributed by atoms with van der Waals surface area (Å²) in [6.45, 7) is 2.61. The van der Waals surface area contributed by atoms with Gasteiger partial charge < -0.3 is 5.73 Å². The average molecular weight is 238 g/mol. The molecule has 1 aliphatic carbocycles. The molecule has 2 unspecified atom stereocenters. The van der Waals surface area contributed by atoms with Crippen molar-refractivity contribution in [1.82, 2.24) is 4.98 Å². The first-order valence-electron chi connectivity index (χ1n) is 5.84. The first kappa shape index (κ1) is 11.7. The minimum absolute atomic E-state index is 0.187. The van der Waals surface area contributed by atoms with E-state index in [-0.39, 0.29) is 5.92 Å². The number of Topliss-reactive ketones (excluding diaryl/α,β-unsaturated/α-hetero) is 1. The minimum Gasteiger partial charge on any atom is -0.330 e. The third-order valence-electron chi connectivity index (χ3n) is 3.40. The summed E-state index contributed by atoms with van der Waals surface area (Å²) in [5, 5.41) is 3.02. The van der Waals surface area contributed by atoms with Gasteiger partial charge in [0, 0.05) is 17.7 Å². The molecule has 1 saturated carbocycles. The van der Waals surface area contributed by atoms with Crippen molar-refractivity contribution in [2.24, 2.45) is 17.6 Å². The van der Waals surface area contributed by atoms with Gasteiger partial charge in [-0.1, -0.05) is 6.42 Å². The average Bonchev–Trinajstić information content (AvgIpc) is 2.86. The van der Waals surface area contributed by atoms with Crippen LogP contribution in [0.15, 0.2) is 5.38 Å². The molecule has 1 aromatic rings. The predicted molar refractivity (Wildman–Crippen MR) is 65.4 cm³/mol. The van der Waals surface area contributed by atoms with E-state index in [0.717, 1.165) is 30.0 Å². The maximum absolute atomic E-state index is 12.1. The molecular formula is C12H18N2OS. The zero-order valence-corrected chi connectivity index (χ0v) is 10.4. The molecule has 88 valence electrons. The van der Waals surface area contributed by atoms with Crippen molar-refractivity contribution in [1.29, 1.82) is 0 Å². The summed E-state index contributed by atoms with van der Waals surface area (Å²) in [6, 6.07) is 0. The molecule has 1 heterocycles. The van der Waals surface area contributed by atoms with E-state index in [4.69, 9.17) is 5.73 Å². The maximum atomic E-state index is 12.1. The molecule has 1 aromatic heterocycles.